The topological polar surface area (TPSA) is 73.9 Å². The number of nitrogens with zero attached hydrogens (tertiary/aromatic N) is 3. The first-order chi connectivity index (χ1) is 11.8. The molecule has 7 heteroatoms. The molecule has 1 atom stereocenters. The summed E-state index contributed by atoms with van der Waals surface area (Å²) in [6, 6.07) is 10.4. The fourth-order valence-corrected chi connectivity index (χ4v) is 3.76. The summed E-state index contributed by atoms with van der Waals surface area (Å²) in [5, 5.41) is 9.86. The summed E-state index contributed by atoms with van der Waals surface area (Å²) in [7, 11) is 0. The van der Waals surface area contributed by atoms with Crippen molar-refractivity contribution in [2.75, 3.05) is 25.4 Å². The Kier molecular flexibility index (Phi) is 6.12. The molecule has 24 heavy (non-hydrogen) atoms. The van der Waals surface area contributed by atoms with Crippen molar-refractivity contribution in [2.45, 2.75) is 30.1 Å². The molecule has 0 unspecified atom stereocenters. The van der Waals surface area contributed by atoms with Crippen LogP contribution >= 0.6 is 11.8 Å². The number of aromatic amines is 1. The van der Waals surface area contributed by atoms with Gasteiger partial charge in [0.05, 0.1) is 0 Å². The lowest BCUT2D eigenvalue weighted by atomic mass is 9.98. The van der Waals surface area contributed by atoms with Crippen LogP contribution in [0.2, 0.25) is 0 Å². The van der Waals surface area contributed by atoms with Gasteiger partial charge in [-0.2, -0.15) is 5.10 Å². The summed E-state index contributed by atoms with van der Waals surface area (Å²) >= 11 is 1.82. The highest BCUT2D eigenvalue weighted by molar-refractivity contribution is 7.99. The first kappa shape index (κ1) is 16.8. The van der Waals surface area contributed by atoms with Crippen molar-refractivity contribution in [1.29, 1.82) is 0 Å². The molecule has 1 saturated heterocycles. The Hall–Kier alpha value is -2.02. The van der Waals surface area contributed by atoms with Crippen LogP contribution in [0.25, 0.3) is 0 Å². The van der Waals surface area contributed by atoms with Crippen LogP contribution in [-0.4, -0.2) is 51.5 Å². The quantitative estimate of drug-likeness (QED) is 0.624. The number of rotatable bonds is 6. The highest BCUT2D eigenvalue weighted by Gasteiger charge is 2.26. The zero-order chi connectivity index (χ0) is 16.6. The van der Waals surface area contributed by atoms with Crippen molar-refractivity contribution in [3.8, 4) is 0 Å². The number of amides is 2. The highest BCUT2D eigenvalue weighted by atomic mass is 32.2. The Morgan fingerprint density at radius 2 is 2.25 bits per heavy atom. The summed E-state index contributed by atoms with van der Waals surface area (Å²) in [5.41, 5.74) is 0. The van der Waals surface area contributed by atoms with E-state index < -0.39 is 0 Å². The summed E-state index contributed by atoms with van der Waals surface area (Å²) in [6.45, 7) is 2.23. The maximum atomic E-state index is 12.3. The molecule has 0 spiro atoms. The Labute approximate surface area is 146 Å². The van der Waals surface area contributed by atoms with Crippen molar-refractivity contribution < 1.29 is 4.79 Å². The van der Waals surface area contributed by atoms with Crippen LogP contribution in [0.15, 0.2) is 41.6 Å². The molecule has 6 nitrogen and oxygen atoms in total. The third-order valence-electron chi connectivity index (χ3n) is 4.14. The fraction of sp³-hybridized carbons (Fsp3) is 0.471. The standard InChI is InChI=1S/C17H23N5OS/c23-17(18-9-5-11-24-15-7-2-1-3-8-15)22-10-4-6-14(12-22)16-19-13-20-21-16/h1-3,7-8,13-14H,4-6,9-12H2,(H,18,23)(H,19,20,21)/t14-/m0/s1. The van der Waals surface area contributed by atoms with Crippen molar-refractivity contribution in [1.82, 2.24) is 25.4 Å². The van der Waals surface area contributed by atoms with Crippen LogP contribution < -0.4 is 5.32 Å². The van der Waals surface area contributed by atoms with Gasteiger partial charge < -0.3 is 10.2 Å². The van der Waals surface area contributed by atoms with Gasteiger partial charge in [-0.15, -0.1) is 11.8 Å². The smallest absolute Gasteiger partial charge is 0.317 e. The Morgan fingerprint density at radius 3 is 3.04 bits per heavy atom. The zero-order valence-electron chi connectivity index (χ0n) is 13.6. The Morgan fingerprint density at radius 1 is 1.38 bits per heavy atom. The minimum Gasteiger partial charge on any atom is -0.338 e. The predicted octanol–water partition coefficient (Wildman–Crippen LogP) is 2.88. The maximum absolute atomic E-state index is 12.3. The van der Waals surface area contributed by atoms with E-state index in [0.29, 0.717) is 13.1 Å². The summed E-state index contributed by atoms with van der Waals surface area (Å²) in [6.07, 6.45) is 4.54. The maximum Gasteiger partial charge on any atom is 0.317 e. The van der Waals surface area contributed by atoms with Gasteiger partial charge >= 0.3 is 6.03 Å². The second-order valence-electron chi connectivity index (χ2n) is 5.90. The number of likely N-dealkylation sites (tertiary alicyclic amines) is 1. The number of aromatic nitrogens is 3. The molecule has 0 saturated carbocycles. The molecule has 0 bridgehead atoms. The molecule has 2 amide bonds. The number of hydrogen-bond donors (Lipinski definition) is 2. The molecular formula is C17H23N5OS. The van der Waals surface area contributed by atoms with Gasteiger partial charge in [-0.25, -0.2) is 9.78 Å². The first-order valence-corrected chi connectivity index (χ1v) is 9.37. The number of urea groups is 1. The number of carbonyl (C=O) groups excluding carboxylic acids is 1. The first-order valence-electron chi connectivity index (χ1n) is 8.39. The van der Waals surface area contributed by atoms with Crippen molar-refractivity contribution in [3.63, 3.8) is 0 Å². The molecule has 2 N–H and O–H groups in total. The van der Waals surface area contributed by atoms with Crippen LogP contribution in [0.5, 0.6) is 0 Å². The second-order valence-corrected chi connectivity index (χ2v) is 7.07. The number of hydrogen-bond acceptors (Lipinski definition) is 4. The normalized spacial score (nSPS) is 17.7. The molecule has 1 aromatic carbocycles. The van der Waals surface area contributed by atoms with Gasteiger partial charge in [-0.3, -0.25) is 5.10 Å². The molecule has 1 fully saturated rings. The van der Waals surface area contributed by atoms with Gasteiger partial charge in [0.15, 0.2) is 0 Å². The lowest BCUT2D eigenvalue weighted by molar-refractivity contribution is 0.178. The van der Waals surface area contributed by atoms with Crippen molar-refractivity contribution >= 4 is 17.8 Å². The average Bonchev–Trinajstić information content (AvgIpc) is 3.17. The summed E-state index contributed by atoms with van der Waals surface area (Å²) in [4.78, 5) is 19.7. The number of nitrogens with one attached hydrogen (secondary N) is 2. The minimum atomic E-state index is 0.0314. The van der Waals surface area contributed by atoms with E-state index >= 15 is 0 Å². The molecule has 1 aromatic heterocycles. The van der Waals surface area contributed by atoms with E-state index in [-0.39, 0.29) is 11.9 Å². The van der Waals surface area contributed by atoms with Crippen LogP contribution in [0.1, 0.15) is 31.0 Å². The fourth-order valence-electron chi connectivity index (χ4n) is 2.88. The number of piperidine rings is 1. The van der Waals surface area contributed by atoms with Crippen LogP contribution in [0.4, 0.5) is 4.79 Å². The van der Waals surface area contributed by atoms with E-state index in [1.165, 1.54) is 11.2 Å². The molecule has 2 aromatic rings. The van der Waals surface area contributed by atoms with Crippen molar-refractivity contribution in [2.24, 2.45) is 0 Å². The van der Waals surface area contributed by atoms with E-state index in [2.05, 4.69) is 32.6 Å². The monoisotopic (exact) mass is 345 g/mol. The number of H-pyrrole nitrogens is 1. The zero-order valence-corrected chi connectivity index (χ0v) is 14.5. The third kappa shape index (κ3) is 4.74. The summed E-state index contributed by atoms with van der Waals surface area (Å²) < 4.78 is 0. The lowest BCUT2D eigenvalue weighted by Gasteiger charge is -2.31. The van der Waals surface area contributed by atoms with E-state index in [9.17, 15) is 4.79 Å². The van der Waals surface area contributed by atoms with E-state index in [1.807, 2.05) is 34.9 Å². The van der Waals surface area contributed by atoms with E-state index in [1.54, 1.807) is 0 Å². The molecule has 0 radical (unpaired) electrons. The SMILES string of the molecule is O=C(NCCCSc1ccccc1)N1CCC[C@H](c2ncn[nH]2)C1. The van der Waals surface area contributed by atoms with Gasteiger partial charge in [-0.1, -0.05) is 18.2 Å². The molecule has 0 aliphatic carbocycles. The molecule has 3 rings (SSSR count). The van der Waals surface area contributed by atoms with E-state index in [0.717, 1.165) is 37.4 Å². The number of carbonyl (C=O) groups is 1. The molecule has 2 heterocycles. The lowest BCUT2D eigenvalue weighted by Crippen LogP contribution is -2.45. The second kappa shape index (κ2) is 8.73. The number of thioether (sulfide) groups is 1. The van der Waals surface area contributed by atoms with Gasteiger partial charge in [0.2, 0.25) is 0 Å². The van der Waals surface area contributed by atoms with E-state index in [4.69, 9.17) is 0 Å². The number of benzene rings is 1. The van der Waals surface area contributed by atoms with Crippen LogP contribution in [-0.2, 0) is 0 Å². The third-order valence-corrected chi connectivity index (χ3v) is 5.24. The summed E-state index contributed by atoms with van der Waals surface area (Å²) in [5.74, 6) is 2.15. The Bertz CT molecular complexity index is 619. The molecular weight excluding hydrogens is 322 g/mol. The molecule has 128 valence electrons. The van der Waals surface area contributed by atoms with Crippen LogP contribution in [0.3, 0.4) is 0 Å². The predicted molar refractivity (Wildman–Crippen MR) is 95.1 cm³/mol. The van der Waals surface area contributed by atoms with Gasteiger partial charge in [0, 0.05) is 30.4 Å². The minimum absolute atomic E-state index is 0.0314. The van der Waals surface area contributed by atoms with Gasteiger partial charge in [-0.05, 0) is 37.1 Å². The van der Waals surface area contributed by atoms with Gasteiger partial charge in [0.1, 0.15) is 12.2 Å². The van der Waals surface area contributed by atoms with Gasteiger partial charge in [0.25, 0.3) is 0 Å². The highest BCUT2D eigenvalue weighted by Crippen LogP contribution is 2.23. The molecule has 1 aliphatic rings. The molecule has 1 aliphatic heterocycles. The van der Waals surface area contributed by atoms with Crippen molar-refractivity contribution in [3.05, 3.63) is 42.5 Å². The largest absolute Gasteiger partial charge is 0.338 e. The average molecular weight is 345 g/mol. The Balaban J connectivity index is 1.36. The van der Waals surface area contributed by atoms with Crippen LogP contribution in [0, 0.1) is 0 Å².